The van der Waals surface area contributed by atoms with E-state index in [0.29, 0.717) is 16.7 Å². The molecular formula is C14H21N5OS2. The summed E-state index contributed by atoms with van der Waals surface area (Å²) in [6.45, 7) is 2.90. The minimum absolute atomic E-state index is 0.00201. The van der Waals surface area contributed by atoms with E-state index in [4.69, 9.17) is 5.84 Å². The molecule has 120 valence electrons. The number of nitrogen functional groups attached to an aromatic ring is 1. The number of hydrogen-bond acceptors (Lipinski definition) is 6. The zero-order valence-electron chi connectivity index (χ0n) is 12.6. The molecule has 0 atom stereocenters. The van der Waals surface area contributed by atoms with Crippen molar-refractivity contribution in [1.29, 1.82) is 0 Å². The molecule has 0 aliphatic heterocycles. The highest BCUT2D eigenvalue weighted by Gasteiger charge is 2.14. The Labute approximate surface area is 138 Å². The van der Waals surface area contributed by atoms with Crippen LogP contribution in [0.1, 0.15) is 32.6 Å². The second-order valence-corrected chi connectivity index (χ2v) is 6.74. The summed E-state index contributed by atoms with van der Waals surface area (Å²) in [6, 6.07) is 3.88. The Morgan fingerprint density at radius 2 is 2.27 bits per heavy atom. The van der Waals surface area contributed by atoms with Gasteiger partial charge >= 0.3 is 0 Å². The topological polar surface area (TPSA) is 85.8 Å². The Hall–Kier alpha value is -1.54. The second kappa shape index (κ2) is 8.79. The van der Waals surface area contributed by atoms with Crippen LogP contribution < -0.4 is 11.2 Å². The molecule has 1 amide bonds. The molecule has 0 spiro atoms. The molecule has 0 saturated carbocycles. The lowest BCUT2D eigenvalue weighted by molar-refractivity contribution is -0.118. The van der Waals surface area contributed by atoms with Crippen LogP contribution >= 0.6 is 23.1 Å². The van der Waals surface area contributed by atoms with Gasteiger partial charge < -0.3 is 11.2 Å². The fourth-order valence-corrected chi connectivity index (χ4v) is 3.30. The quantitative estimate of drug-likeness (QED) is 0.416. The standard InChI is InChI=1S/C14H21N5OS2/c1-2-3-4-5-8-16-12(20)10-22-14-18-17-13(19(14)15)11-7-6-9-21-11/h6-7,9H,2-5,8,10,15H2,1H3,(H,16,20). The van der Waals surface area contributed by atoms with E-state index in [1.165, 1.54) is 29.3 Å². The van der Waals surface area contributed by atoms with Gasteiger partial charge in [0.05, 0.1) is 10.6 Å². The third-order valence-electron chi connectivity index (χ3n) is 3.09. The number of unbranched alkanes of at least 4 members (excludes halogenated alkanes) is 3. The van der Waals surface area contributed by atoms with Crippen molar-refractivity contribution in [2.75, 3.05) is 18.1 Å². The third-order valence-corrected chi connectivity index (χ3v) is 4.90. The molecule has 0 aromatic carbocycles. The first kappa shape index (κ1) is 16.8. The molecule has 8 heteroatoms. The molecule has 0 bridgehead atoms. The lowest BCUT2D eigenvalue weighted by Gasteiger charge is -2.05. The van der Waals surface area contributed by atoms with E-state index < -0.39 is 0 Å². The summed E-state index contributed by atoms with van der Waals surface area (Å²) in [4.78, 5) is 12.7. The highest BCUT2D eigenvalue weighted by molar-refractivity contribution is 7.99. The van der Waals surface area contributed by atoms with Crippen molar-refractivity contribution in [2.45, 2.75) is 37.8 Å². The molecule has 0 radical (unpaired) electrons. The molecule has 0 aliphatic carbocycles. The predicted octanol–water partition coefficient (Wildman–Crippen LogP) is 2.51. The van der Waals surface area contributed by atoms with Crippen molar-refractivity contribution < 1.29 is 4.79 Å². The first-order valence-corrected chi connectivity index (χ1v) is 9.22. The van der Waals surface area contributed by atoms with Gasteiger partial charge in [-0.05, 0) is 17.9 Å². The number of hydrogen-bond donors (Lipinski definition) is 2. The maximum Gasteiger partial charge on any atom is 0.230 e. The van der Waals surface area contributed by atoms with Crippen molar-refractivity contribution in [3.8, 4) is 10.7 Å². The smallest absolute Gasteiger partial charge is 0.230 e. The molecular weight excluding hydrogens is 318 g/mol. The van der Waals surface area contributed by atoms with Gasteiger partial charge in [0.15, 0.2) is 5.82 Å². The summed E-state index contributed by atoms with van der Waals surface area (Å²) >= 11 is 2.85. The van der Waals surface area contributed by atoms with Gasteiger partial charge in [-0.15, -0.1) is 21.5 Å². The molecule has 22 heavy (non-hydrogen) atoms. The number of aromatic nitrogens is 3. The van der Waals surface area contributed by atoms with Crippen LogP contribution in [-0.2, 0) is 4.79 Å². The minimum Gasteiger partial charge on any atom is -0.355 e. The normalized spacial score (nSPS) is 10.8. The van der Waals surface area contributed by atoms with Gasteiger partial charge in [0, 0.05) is 6.54 Å². The fourth-order valence-electron chi connectivity index (χ4n) is 1.91. The highest BCUT2D eigenvalue weighted by Crippen LogP contribution is 2.24. The van der Waals surface area contributed by atoms with Gasteiger partial charge in [-0.25, -0.2) is 4.68 Å². The Kier molecular flexibility index (Phi) is 6.73. The lowest BCUT2D eigenvalue weighted by atomic mass is 10.2. The number of amides is 1. The monoisotopic (exact) mass is 339 g/mol. The molecule has 3 N–H and O–H groups in total. The number of nitrogens with one attached hydrogen (secondary N) is 1. The van der Waals surface area contributed by atoms with Crippen LogP contribution in [0.25, 0.3) is 10.7 Å². The fraction of sp³-hybridized carbons (Fsp3) is 0.500. The Bertz CT molecular complexity index is 582. The van der Waals surface area contributed by atoms with Gasteiger partial charge in [0.2, 0.25) is 11.1 Å². The SMILES string of the molecule is CCCCCCNC(=O)CSc1nnc(-c2cccs2)n1N. The van der Waals surface area contributed by atoms with E-state index in [0.717, 1.165) is 24.3 Å². The average molecular weight is 339 g/mol. The van der Waals surface area contributed by atoms with Crippen molar-refractivity contribution in [1.82, 2.24) is 20.2 Å². The van der Waals surface area contributed by atoms with Crippen LogP contribution in [0.4, 0.5) is 0 Å². The number of carbonyl (C=O) groups is 1. The van der Waals surface area contributed by atoms with E-state index in [-0.39, 0.29) is 5.91 Å². The summed E-state index contributed by atoms with van der Waals surface area (Å²) < 4.78 is 1.44. The molecule has 0 fully saturated rings. The number of nitrogens with two attached hydrogens (primary N) is 1. The van der Waals surface area contributed by atoms with E-state index in [9.17, 15) is 4.79 Å². The minimum atomic E-state index is 0.00201. The Morgan fingerprint density at radius 3 is 3.00 bits per heavy atom. The van der Waals surface area contributed by atoms with Gasteiger partial charge in [-0.2, -0.15) is 0 Å². The summed E-state index contributed by atoms with van der Waals surface area (Å²) in [7, 11) is 0. The van der Waals surface area contributed by atoms with Gasteiger partial charge in [0.25, 0.3) is 0 Å². The number of thioether (sulfide) groups is 1. The van der Waals surface area contributed by atoms with Crippen LogP contribution in [0.15, 0.2) is 22.7 Å². The third kappa shape index (κ3) is 4.74. The highest BCUT2D eigenvalue weighted by atomic mass is 32.2. The summed E-state index contributed by atoms with van der Waals surface area (Å²) in [5, 5.41) is 13.5. The maximum absolute atomic E-state index is 11.8. The molecule has 2 aromatic rings. The molecule has 2 aromatic heterocycles. The molecule has 6 nitrogen and oxygen atoms in total. The van der Waals surface area contributed by atoms with E-state index in [1.54, 1.807) is 11.3 Å². The summed E-state index contributed by atoms with van der Waals surface area (Å²) in [5.41, 5.74) is 0. The second-order valence-electron chi connectivity index (χ2n) is 4.85. The molecule has 2 heterocycles. The van der Waals surface area contributed by atoms with E-state index in [2.05, 4.69) is 22.4 Å². The van der Waals surface area contributed by atoms with Crippen molar-refractivity contribution >= 4 is 29.0 Å². The van der Waals surface area contributed by atoms with E-state index in [1.807, 2.05) is 17.5 Å². The first-order chi connectivity index (χ1) is 10.7. The van der Waals surface area contributed by atoms with E-state index >= 15 is 0 Å². The van der Waals surface area contributed by atoms with Gasteiger partial charge in [0.1, 0.15) is 0 Å². The van der Waals surface area contributed by atoms with Crippen LogP contribution in [0, 0.1) is 0 Å². The lowest BCUT2D eigenvalue weighted by Crippen LogP contribution is -2.26. The number of thiophene rings is 1. The largest absolute Gasteiger partial charge is 0.355 e. The average Bonchev–Trinajstić information content (AvgIpc) is 3.14. The zero-order chi connectivity index (χ0) is 15.8. The summed E-state index contributed by atoms with van der Waals surface area (Å²) in [6.07, 6.45) is 4.60. The Morgan fingerprint density at radius 1 is 1.41 bits per heavy atom. The van der Waals surface area contributed by atoms with Crippen molar-refractivity contribution in [3.63, 3.8) is 0 Å². The molecule has 0 saturated heterocycles. The van der Waals surface area contributed by atoms with Crippen LogP contribution in [-0.4, -0.2) is 33.1 Å². The number of carbonyl (C=O) groups excluding carboxylic acids is 1. The van der Waals surface area contributed by atoms with Crippen LogP contribution in [0.2, 0.25) is 0 Å². The Balaban J connectivity index is 1.76. The molecule has 0 unspecified atom stereocenters. The van der Waals surface area contributed by atoms with Crippen LogP contribution in [0.5, 0.6) is 0 Å². The first-order valence-electron chi connectivity index (χ1n) is 7.36. The predicted molar refractivity (Wildman–Crippen MR) is 91.4 cm³/mol. The number of rotatable bonds is 9. The summed E-state index contributed by atoms with van der Waals surface area (Å²) in [5.74, 6) is 6.91. The number of nitrogens with zero attached hydrogens (tertiary/aromatic N) is 3. The molecule has 2 rings (SSSR count). The van der Waals surface area contributed by atoms with Crippen LogP contribution in [0.3, 0.4) is 0 Å². The molecule has 0 aliphatic rings. The maximum atomic E-state index is 11.8. The van der Waals surface area contributed by atoms with Crippen molar-refractivity contribution in [2.24, 2.45) is 0 Å². The van der Waals surface area contributed by atoms with Gasteiger partial charge in [-0.1, -0.05) is 44.0 Å². The zero-order valence-corrected chi connectivity index (χ0v) is 14.3. The van der Waals surface area contributed by atoms with Gasteiger partial charge in [-0.3, -0.25) is 4.79 Å². The van der Waals surface area contributed by atoms with Crippen molar-refractivity contribution in [3.05, 3.63) is 17.5 Å².